The molecule has 0 radical (unpaired) electrons. The van der Waals surface area contributed by atoms with Gasteiger partial charge in [0.2, 0.25) is 0 Å². The van der Waals surface area contributed by atoms with Gasteiger partial charge in [-0.25, -0.2) is 0 Å². The summed E-state index contributed by atoms with van der Waals surface area (Å²) >= 11 is 0. The minimum atomic E-state index is 0.221. The van der Waals surface area contributed by atoms with Crippen LogP contribution in [0.1, 0.15) is 39.2 Å². The average Bonchev–Trinajstić information content (AvgIpc) is 2.37. The van der Waals surface area contributed by atoms with Gasteiger partial charge in [-0.05, 0) is 37.6 Å². The first-order valence-corrected chi connectivity index (χ1v) is 6.75. The average molecular weight is 251 g/mol. The number of ether oxygens (including phenoxy) is 2. The Morgan fingerprint density at radius 3 is 2.61 bits per heavy atom. The van der Waals surface area contributed by atoms with Crippen molar-refractivity contribution < 1.29 is 9.47 Å². The highest BCUT2D eigenvalue weighted by Crippen LogP contribution is 2.29. The Morgan fingerprint density at radius 1 is 1.22 bits per heavy atom. The molecule has 0 amide bonds. The van der Waals surface area contributed by atoms with Gasteiger partial charge in [-0.2, -0.15) is 0 Å². The number of benzene rings is 1. The SMILES string of the molecule is CCCC(C)Oc1cc(CNCC)ccc1OC. The number of nitrogens with one attached hydrogen (secondary N) is 1. The van der Waals surface area contributed by atoms with E-state index in [2.05, 4.69) is 38.2 Å². The Hall–Kier alpha value is -1.22. The van der Waals surface area contributed by atoms with Crippen molar-refractivity contribution in [2.45, 2.75) is 46.3 Å². The quantitative estimate of drug-likeness (QED) is 0.768. The van der Waals surface area contributed by atoms with Gasteiger partial charge in [0.15, 0.2) is 11.5 Å². The number of rotatable bonds is 8. The third-order valence-electron chi connectivity index (χ3n) is 2.83. The van der Waals surface area contributed by atoms with Crippen molar-refractivity contribution in [3.05, 3.63) is 23.8 Å². The third-order valence-corrected chi connectivity index (χ3v) is 2.83. The molecule has 0 spiro atoms. The maximum absolute atomic E-state index is 5.94. The zero-order chi connectivity index (χ0) is 13.4. The zero-order valence-electron chi connectivity index (χ0n) is 12.0. The maximum Gasteiger partial charge on any atom is 0.161 e. The molecule has 1 atom stereocenters. The Labute approximate surface area is 110 Å². The molecule has 0 aliphatic rings. The van der Waals surface area contributed by atoms with Crippen molar-refractivity contribution in [2.75, 3.05) is 13.7 Å². The predicted octanol–water partition coefficient (Wildman–Crippen LogP) is 3.37. The third kappa shape index (κ3) is 4.57. The van der Waals surface area contributed by atoms with E-state index >= 15 is 0 Å². The molecule has 0 fully saturated rings. The van der Waals surface area contributed by atoms with E-state index in [1.807, 2.05) is 6.07 Å². The van der Waals surface area contributed by atoms with Crippen molar-refractivity contribution in [1.29, 1.82) is 0 Å². The van der Waals surface area contributed by atoms with Gasteiger partial charge in [-0.3, -0.25) is 0 Å². The van der Waals surface area contributed by atoms with Gasteiger partial charge in [-0.1, -0.05) is 26.3 Å². The van der Waals surface area contributed by atoms with Gasteiger partial charge in [0.25, 0.3) is 0 Å². The second kappa shape index (κ2) is 7.98. The summed E-state index contributed by atoms with van der Waals surface area (Å²) in [4.78, 5) is 0. The molecule has 1 aromatic rings. The van der Waals surface area contributed by atoms with E-state index in [4.69, 9.17) is 9.47 Å². The van der Waals surface area contributed by atoms with Gasteiger partial charge in [-0.15, -0.1) is 0 Å². The van der Waals surface area contributed by atoms with Crippen LogP contribution in [0.15, 0.2) is 18.2 Å². The molecule has 1 rings (SSSR count). The normalized spacial score (nSPS) is 12.2. The molecule has 0 aromatic heterocycles. The summed E-state index contributed by atoms with van der Waals surface area (Å²) in [5.74, 6) is 1.65. The minimum Gasteiger partial charge on any atom is -0.493 e. The van der Waals surface area contributed by atoms with Gasteiger partial charge in [0.1, 0.15) is 0 Å². The first-order chi connectivity index (χ1) is 8.71. The maximum atomic E-state index is 5.94. The van der Waals surface area contributed by atoms with Crippen LogP contribution in [-0.2, 0) is 6.54 Å². The second-order valence-electron chi connectivity index (χ2n) is 4.48. The van der Waals surface area contributed by atoms with Gasteiger partial charge < -0.3 is 14.8 Å². The molecule has 1 unspecified atom stereocenters. The van der Waals surface area contributed by atoms with Crippen LogP contribution in [0.2, 0.25) is 0 Å². The topological polar surface area (TPSA) is 30.5 Å². The first kappa shape index (κ1) is 14.8. The molecule has 0 saturated heterocycles. The largest absolute Gasteiger partial charge is 0.493 e. The van der Waals surface area contributed by atoms with Crippen LogP contribution in [-0.4, -0.2) is 19.8 Å². The molecular weight excluding hydrogens is 226 g/mol. The van der Waals surface area contributed by atoms with Crippen LogP contribution in [0.4, 0.5) is 0 Å². The monoisotopic (exact) mass is 251 g/mol. The number of hydrogen-bond donors (Lipinski definition) is 1. The van der Waals surface area contributed by atoms with E-state index in [-0.39, 0.29) is 6.10 Å². The van der Waals surface area contributed by atoms with Crippen LogP contribution in [0, 0.1) is 0 Å². The molecule has 0 aliphatic heterocycles. The van der Waals surface area contributed by atoms with Crippen molar-refractivity contribution in [2.24, 2.45) is 0 Å². The standard InChI is InChI=1S/C15H25NO2/c1-5-7-12(3)18-15-10-13(11-16-6-2)8-9-14(15)17-4/h8-10,12,16H,5-7,11H2,1-4H3. The fourth-order valence-electron chi connectivity index (χ4n) is 1.87. The summed E-state index contributed by atoms with van der Waals surface area (Å²) in [6, 6.07) is 6.10. The highest BCUT2D eigenvalue weighted by molar-refractivity contribution is 5.43. The molecule has 1 aromatic carbocycles. The highest BCUT2D eigenvalue weighted by Gasteiger charge is 2.09. The number of hydrogen-bond acceptors (Lipinski definition) is 3. The van der Waals surface area contributed by atoms with E-state index in [9.17, 15) is 0 Å². The fraction of sp³-hybridized carbons (Fsp3) is 0.600. The number of methoxy groups -OCH3 is 1. The lowest BCUT2D eigenvalue weighted by atomic mass is 10.2. The summed E-state index contributed by atoms with van der Waals surface area (Å²) < 4.78 is 11.3. The van der Waals surface area contributed by atoms with Gasteiger partial charge in [0.05, 0.1) is 13.2 Å². The summed E-state index contributed by atoms with van der Waals surface area (Å²) in [7, 11) is 1.68. The minimum absolute atomic E-state index is 0.221. The molecule has 0 bridgehead atoms. The summed E-state index contributed by atoms with van der Waals surface area (Å²) in [5.41, 5.74) is 1.22. The lowest BCUT2D eigenvalue weighted by Gasteiger charge is -2.17. The summed E-state index contributed by atoms with van der Waals surface area (Å²) in [5, 5.41) is 3.31. The summed E-state index contributed by atoms with van der Waals surface area (Å²) in [6.07, 6.45) is 2.40. The van der Waals surface area contributed by atoms with E-state index in [1.165, 1.54) is 5.56 Å². The molecule has 102 valence electrons. The Morgan fingerprint density at radius 2 is 2.00 bits per heavy atom. The fourth-order valence-corrected chi connectivity index (χ4v) is 1.87. The van der Waals surface area contributed by atoms with Crippen molar-refractivity contribution in [1.82, 2.24) is 5.32 Å². The van der Waals surface area contributed by atoms with E-state index < -0.39 is 0 Å². The smallest absolute Gasteiger partial charge is 0.161 e. The van der Waals surface area contributed by atoms with Crippen molar-refractivity contribution in [3.63, 3.8) is 0 Å². The first-order valence-electron chi connectivity index (χ1n) is 6.75. The van der Waals surface area contributed by atoms with Crippen LogP contribution in [0.25, 0.3) is 0 Å². The zero-order valence-corrected chi connectivity index (χ0v) is 12.0. The van der Waals surface area contributed by atoms with E-state index in [0.717, 1.165) is 37.4 Å². The Balaban J connectivity index is 2.77. The summed E-state index contributed by atoms with van der Waals surface area (Å²) in [6.45, 7) is 8.19. The van der Waals surface area contributed by atoms with E-state index in [1.54, 1.807) is 7.11 Å². The second-order valence-corrected chi connectivity index (χ2v) is 4.48. The lowest BCUT2D eigenvalue weighted by molar-refractivity contribution is 0.200. The van der Waals surface area contributed by atoms with Crippen molar-refractivity contribution >= 4 is 0 Å². The van der Waals surface area contributed by atoms with Crippen LogP contribution in [0.3, 0.4) is 0 Å². The van der Waals surface area contributed by atoms with E-state index in [0.29, 0.717) is 0 Å². The van der Waals surface area contributed by atoms with Crippen LogP contribution in [0.5, 0.6) is 11.5 Å². The van der Waals surface area contributed by atoms with Gasteiger partial charge in [0, 0.05) is 6.54 Å². The van der Waals surface area contributed by atoms with Crippen LogP contribution >= 0.6 is 0 Å². The molecule has 3 nitrogen and oxygen atoms in total. The molecule has 3 heteroatoms. The highest BCUT2D eigenvalue weighted by atomic mass is 16.5. The van der Waals surface area contributed by atoms with Crippen LogP contribution < -0.4 is 14.8 Å². The molecule has 1 N–H and O–H groups in total. The molecule has 0 saturated carbocycles. The lowest BCUT2D eigenvalue weighted by Crippen LogP contribution is -2.14. The molecular formula is C15H25NO2. The molecule has 0 heterocycles. The van der Waals surface area contributed by atoms with Crippen molar-refractivity contribution in [3.8, 4) is 11.5 Å². The Bertz CT molecular complexity index is 352. The predicted molar refractivity (Wildman–Crippen MR) is 75.4 cm³/mol. The molecule has 0 aliphatic carbocycles. The Kier molecular flexibility index (Phi) is 6.58. The van der Waals surface area contributed by atoms with Gasteiger partial charge >= 0.3 is 0 Å². The molecule has 18 heavy (non-hydrogen) atoms.